The summed E-state index contributed by atoms with van der Waals surface area (Å²) in [6.07, 6.45) is 2.19. The number of pyridine rings is 1. The van der Waals surface area contributed by atoms with Gasteiger partial charge >= 0.3 is 6.03 Å². The Hall–Kier alpha value is -2.47. The third kappa shape index (κ3) is 4.08. The summed E-state index contributed by atoms with van der Waals surface area (Å²) in [6, 6.07) is 10.6. The fraction of sp³-hybridized carbons (Fsp3) is 0.294. The van der Waals surface area contributed by atoms with Crippen molar-refractivity contribution in [2.45, 2.75) is 6.42 Å². The Balaban J connectivity index is 1.59. The van der Waals surface area contributed by atoms with Crippen molar-refractivity contribution >= 4 is 29.1 Å². The largest absolute Gasteiger partial charge is 0.506 e. The molecule has 126 valence electrons. The number of nitrogens with one attached hydrogen (secondary N) is 1. The number of rotatable bonds is 2. The first-order valence-corrected chi connectivity index (χ1v) is 8.21. The van der Waals surface area contributed by atoms with Crippen molar-refractivity contribution in [3.05, 3.63) is 47.6 Å². The Morgan fingerprint density at radius 1 is 1.08 bits per heavy atom. The molecule has 3 rings (SSSR count). The maximum absolute atomic E-state index is 12.4. The van der Waals surface area contributed by atoms with E-state index in [-0.39, 0.29) is 11.8 Å². The minimum absolute atomic E-state index is 0.0707. The molecule has 2 heterocycles. The number of aromatic nitrogens is 1. The third-order valence-corrected chi connectivity index (χ3v) is 4.21. The van der Waals surface area contributed by atoms with Gasteiger partial charge in [0.05, 0.1) is 6.20 Å². The van der Waals surface area contributed by atoms with Gasteiger partial charge in [-0.05, 0) is 42.8 Å². The number of aromatic hydroxyl groups is 1. The predicted octanol–water partition coefficient (Wildman–Crippen LogP) is 3.18. The molecule has 0 spiro atoms. The van der Waals surface area contributed by atoms with E-state index in [0.29, 0.717) is 18.9 Å². The number of hydrogen-bond donors (Lipinski definition) is 2. The van der Waals surface area contributed by atoms with Crippen molar-refractivity contribution in [3.8, 4) is 5.75 Å². The molecule has 1 aliphatic heterocycles. The van der Waals surface area contributed by atoms with Crippen molar-refractivity contribution < 1.29 is 9.90 Å². The van der Waals surface area contributed by atoms with Crippen LogP contribution in [0.2, 0.25) is 5.02 Å². The second-order valence-electron chi connectivity index (χ2n) is 5.64. The molecule has 24 heavy (non-hydrogen) atoms. The average molecular weight is 347 g/mol. The molecule has 0 unspecified atom stereocenters. The normalized spacial score (nSPS) is 15.0. The summed E-state index contributed by atoms with van der Waals surface area (Å²) in [6.45, 7) is 2.97. The average Bonchev–Trinajstić information content (AvgIpc) is 2.84. The zero-order valence-corrected chi connectivity index (χ0v) is 13.9. The van der Waals surface area contributed by atoms with Crippen LogP contribution in [-0.2, 0) is 0 Å². The Bertz CT molecular complexity index is 691. The van der Waals surface area contributed by atoms with Crippen LogP contribution < -0.4 is 10.2 Å². The number of carbonyl (C=O) groups excluding carboxylic acids is 1. The molecule has 0 aliphatic carbocycles. The number of urea groups is 1. The number of nitrogens with zero attached hydrogens (tertiary/aromatic N) is 3. The first-order chi connectivity index (χ1) is 11.6. The molecule has 1 fully saturated rings. The Morgan fingerprint density at radius 2 is 1.88 bits per heavy atom. The van der Waals surface area contributed by atoms with Gasteiger partial charge in [-0.15, -0.1) is 0 Å². The summed E-state index contributed by atoms with van der Waals surface area (Å²) >= 11 is 5.93. The summed E-state index contributed by atoms with van der Waals surface area (Å²) in [5.41, 5.74) is 1.11. The lowest BCUT2D eigenvalue weighted by atomic mass is 10.2. The fourth-order valence-electron chi connectivity index (χ4n) is 2.68. The van der Waals surface area contributed by atoms with E-state index < -0.39 is 0 Å². The van der Waals surface area contributed by atoms with Crippen LogP contribution in [0.1, 0.15) is 6.42 Å². The zero-order chi connectivity index (χ0) is 16.9. The van der Waals surface area contributed by atoms with Crippen molar-refractivity contribution in [2.75, 3.05) is 36.4 Å². The van der Waals surface area contributed by atoms with Gasteiger partial charge in [0.15, 0.2) is 0 Å². The van der Waals surface area contributed by atoms with E-state index in [1.54, 1.807) is 11.0 Å². The highest BCUT2D eigenvalue weighted by molar-refractivity contribution is 6.30. The van der Waals surface area contributed by atoms with E-state index in [4.69, 9.17) is 11.6 Å². The van der Waals surface area contributed by atoms with Crippen molar-refractivity contribution in [2.24, 2.45) is 0 Å². The lowest BCUT2D eigenvalue weighted by Gasteiger charge is -2.23. The predicted molar refractivity (Wildman–Crippen MR) is 94.8 cm³/mol. The van der Waals surface area contributed by atoms with Crippen molar-refractivity contribution in [1.82, 2.24) is 9.88 Å². The van der Waals surface area contributed by atoms with Crippen LogP contribution in [0.3, 0.4) is 0 Å². The Morgan fingerprint density at radius 3 is 2.58 bits per heavy atom. The lowest BCUT2D eigenvalue weighted by Crippen LogP contribution is -2.38. The summed E-state index contributed by atoms with van der Waals surface area (Å²) in [5, 5.41) is 12.7. The summed E-state index contributed by atoms with van der Waals surface area (Å²) in [4.78, 5) is 20.4. The maximum Gasteiger partial charge on any atom is 0.323 e. The van der Waals surface area contributed by atoms with Crippen LogP contribution in [-0.4, -0.2) is 47.2 Å². The molecule has 1 aliphatic rings. The number of anilines is 2. The van der Waals surface area contributed by atoms with Gasteiger partial charge in [0, 0.05) is 36.9 Å². The van der Waals surface area contributed by atoms with Crippen LogP contribution in [0, 0.1) is 0 Å². The number of hydrogen-bond acceptors (Lipinski definition) is 4. The molecule has 0 radical (unpaired) electrons. The molecule has 0 bridgehead atoms. The molecule has 2 N–H and O–H groups in total. The van der Waals surface area contributed by atoms with E-state index in [0.717, 1.165) is 30.2 Å². The molecular formula is C17H19ClN4O2. The van der Waals surface area contributed by atoms with Crippen LogP contribution in [0.15, 0.2) is 42.6 Å². The Labute approximate surface area is 145 Å². The minimum Gasteiger partial charge on any atom is -0.506 e. The third-order valence-electron chi connectivity index (χ3n) is 3.96. The molecular weight excluding hydrogens is 328 g/mol. The molecule has 0 saturated carbocycles. The molecule has 2 amide bonds. The van der Waals surface area contributed by atoms with Crippen molar-refractivity contribution in [1.29, 1.82) is 0 Å². The van der Waals surface area contributed by atoms with Gasteiger partial charge in [-0.1, -0.05) is 11.6 Å². The van der Waals surface area contributed by atoms with Crippen LogP contribution in [0.25, 0.3) is 0 Å². The summed E-state index contributed by atoms with van der Waals surface area (Å²) in [7, 11) is 0. The number of carbonyl (C=O) groups is 1. The number of benzene rings is 1. The van der Waals surface area contributed by atoms with Gasteiger partial charge in [0.2, 0.25) is 0 Å². The van der Waals surface area contributed by atoms with Gasteiger partial charge in [-0.3, -0.25) is 5.32 Å². The van der Waals surface area contributed by atoms with Crippen molar-refractivity contribution in [3.63, 3.8) is 0 Å². The minimum atomic E-state index is -0.175. The lowest BCUT2D eigenvalue weighted by molar-refractivity contribution is 0.215. The highest BCUT2D eigenvalue weighted by Crippen LogP contribution is 2.20. The first kappa shape index (κ1) is 16.4. The molecule has 1 aromatic carbocycles. The highest BCUT2D eigenvalue weighted by Gasteiger charge is 2.19. The van der Waals surface area contributed by atoms with Gasteiger partial charge in [0.1, 0.15) is 11.6 Å². The van der Waals surface area contributed by atoms with E-state index in [1.165, 1.54) is 12.3 Å². The second-order valence-corrected chi connectivity index (χ2v) is 6.07. The molecule has 2 aromatic rings. The molecule has 0 atom stereocenters. The van der Waals surface area contributed by atoms with Gasteiger partial charge < -0.3 is 14.9 Å². The van der Waals surface area contributed by atoms with Crippen LogP contribution >= 0.6 is 11.6 Å². The monoisotopic (exact) mass is 346 g/mol. The Kier molecular flexibility index (Phi) is 5.05. The highest BCUT2D eigenvalue weighted by atomic mass is 35.5. The number of amides is 2. The zero-order valence-electron chi connectivity index (χ0n) is 13.2. The van der Waals surface area contributed by atoms with E-state index in [1.807, 2.05) is 24.3 Å². The van der Waals surface area contributed by atoms with Crippen LogP contribution in [0.5, 0.6) is 5.75 Å². The first-order valence-electron chi connectivity index (χ1n) is 7.83. The maximum atomic E-state index is 12.4. The molecule has 1 aromatic heterocycles. The molecule has 7 heteroatoms. The standard InChI is InChI=1S/C17H19ClN4O2/c18-13-2-4-14(5-3-13)21-8-1-9-22(11-10-21)17(24)20-16-7-6-15(23)12-19-16/h2-7,12,23H,1,8-11H2,(H,19,20,24). The van der Waals surface area contributed by atoms with E-state index in [2.05, 4.69) is 15.2 Å². The van der Waals surface area contributed by atoms with Gasteiger partial charge in [-0.2, -0.15) is 0 Å². The molecule has 6 nitrogen and oxygen atoms in total. The van der Waals surface area contributed by atoms with Gasteiger partial charge in [0.25, 0.3) is 0 Å². The SMILES string of the molecule is O=C(Nc1ccc(O)cn1)N1CCCN(c2ccc(Cl)cc2)CC1. The fourth-order valence-corrected chi connectivity index (χ4v) is 2.81. The molecule has 1 saturated heterocycles. The van der Waals surface area contributed by atoms with E-state index >= 15 is 0 Å². The number of halogens is 1. The topological polar surface area (TPSA) is 68.7 Å². The van der Waals surface area contributed by atoms with E-state index in [9.17, 15) is 9.90 Å². The quantitative estimate of drug-likeness (QED) is 0.876. The van der Waals surface area contributed by atoms with Crippen LogP contribution in [0.4, 0.5) is 16.3 Å². The van der Waals surface area contributed by atoms with Gasteiger partial charge in [-0.25, -0.2) is 9.78 Å². The second kappa shape index (κ2) is 7.40. The summed E-state index contributed by atoms with van der Waals surface area (Å²) in [5.74, 6) is 0.498. The smallest absolute Gasteiger partial charge is 0.323 e. The summed E-state index contributed by atoms with van der Waals surface area (Å²) < 4.78 is 0.